The van der Waals surface area contributed by atoms with E-state index in [0.29, 0.717) is 30.5 Å². The third-order valence-electron chi connectivity index (χ3n) is 21.1. The highest BCUT2D eigenvalue weighted by atomic mass is 16.4. The molecule has 2 aromatic rings. The third-order valence-corrected chi connectivity index (χ3v) is 21.1. The highest BCUT2D eigenvalue weighted by Gasteiger charge is 2.41. The van der Waals surface area contributed by atoms with Crippen LogP contribution >= 0.6 is 0 Å². The van der Waals surface area contributed by atoms with Gasteiger partial charge in [-0.05, 0) is 139 Å². The van der Waals surface area contributed by atoms with Crippen molar-refractivity contribution in [1.82, 2.24) is 95.7 Å². The van der Waals surface area contributed by atoms with Gasteiger partial charge in [-0.2, -0.15) is 0 Å². The van der Waals surface area contributed by atoms with E-state index in [1.54, 1.807) is 33.8 Å². The number of phenols is 1. The lowest BCUT2D eigenvalue weighted by Gasteiger charge is -2.29. The molecule has 42 N–H and O–H groups in total. The van der Waals surface area contributed by atoms with Crippen molar-refractivity contribution in [2.24, 2.45) is 52.0 Å². The Labute approximate surface area is 812 Å². The molecule has 0 aromatic heterocycles. The lowest BCUT2D eigenvalue weighted by Crippen LogP contribution is -2.62. The maximum atomic E-state index is 14.7. The Bertz CT molecular complexity index is 4520. The minimum Gasteiger partial charge on any atom is -0.508 e. The van der Waals surface area contributed by atoms with E-state index in [1.807, 2.05) is 0 Å². The molecule has 141 heavy (non-hydrogen) atoms. The van der Waals surface area contributed by atoms with Gasteiger partial charge in [0.25, 0.3) is 0 Å². The van der Waals surface area contributed by atoms with Crippen molar-refractivity contribution >= 4 is 130 Å². The quantitative estimate of drug-likeness (QED) is 0.0166. The molecule has 0 bridgehead atoms. The molecule has 0 aliphatic heterocycles. The first-order chi connectivity index (χ1) is 66.4. The number of nitrogens with one attached hydrogen (secondary N) is 20. The molecule has 2 aromatic carbocycles. The second-order valence-corrected chi connectivity index (χ2v) is 34.1. The Morgan fingerprint density at radius 2 is 0.638 bits per heavy atom. The molecule has 55 heteroatoms. The Morgan fingerprint density at radius 3 is 1.00 bits per heavy atom. The first kappa shape index (κ1) is 123. The van der Waals surface area contributed by atoms with Crippen LogP contribution in [0.25, 0.3) is 0 Å². The summed E-state index contributed by atoms with van der Waals surface area (Å²) in [4.78, 5) is 275. The van der Waals surface area contributed by atoms with E-state index in [0.717, 1.165) is 6.92 Å². The molecule has 0 unspecified atom stereocenters. The molecule has 0 fully saturated rings. The Morgan fingerprint density at radius 1 is 0.333 bits per heavy atom. The predicted molar refractivity (Wildman–Crippen MR) is 502 cm³/mol. The number of hydrogen-bond acceptors (Lipinski definition) is 31. The monoisotopic (exact) mass is 2000 g/mol. The molecule has 0 aliphatic rings. The van der Waals surface area contributed by atoms with Gasteiger partial charge in [-0.3, -0.25) is 107 Å². The van der Waals surface area contributed by atoms with Gasteiger partial charge in [-0.1, -0.05) is 76.6 Å². The number of carboxylic acids is 2. The van der Waals surface area contributed by atoms with Gasteiger partial charge >= 0.3 is 11.9 Å². The predicted octanol–water partition coefficient (Wildman–Crippen LogP) is -12.8. The molecule has 0 heterocycles. The number of phenolic OH excluding ortho intramolecular Hbond substituents is 1. The SMILES string of the molecule is CC(C)C[C@H](NC(=O)[C@H](Cc1ccc(O)cc1)NC(=O)[C@H](CC(N)=O)NC(=O)[C@H](CCCCN)NC(=O)[C@H](CCCNC(=N)N)NC(=O)[C@@H](NC(=O)[C@H](CCCNC(=N)N)NC(=O)[C@H](CO)NC(=O)[C@H](CC(=O)O)NC(=O)[C@H](Cc1ccccc1)NC(=O)[C@H](CC(C)C)NC(=O)[C@H](CO)NC(=O)[C@H](CCC(N)=O)NC(=O)[C@H](CO)NC(=O)[C@H](CO)NC(=O)[C@@H](N)CCCCN)[C@@H](C)O)C(=O)N[C@@H](C)C(=O)O. The summed E-state index contributed by atoms with van der Waals surface area (Å²) in [6.07, 6.45) is -6.45. The molecule has 0 saturated heterocycles. The number of aliphatic hydroxyl groups is 5. The Hall–Kier alpha value is -14.1. The van der Waals surface area contributed by atoms with E-state index < -0.39 is 310 Å². The number of nitrogens with two attached hydrogens (primary N) is 7. The zero-order valence-corrected chi connectivity index (χ0v) is 79.4. The summed E-state index contributed by atoms with van der Waals surface area (Å²) in [7, 11) is 0. The van der Waals surface area contributed by atoms with E-state index in [4.69, 9.17) is 51.0 Å². The molecule has 18 atom stereocenters. The summed E-state index contributed by atoms with van der Waals surface area (Å²) in [6, 6.07) is -17.3. The number of carbonyl (C=O) groups excluding carboxylic acids is 18. The van der Waals surface area contributed by atoms with Crippen LogP contribution in [0.4, 0.5) is 0 Å². The van der Waals surface area contributed by atoms with Crippen LogP contribution in [0.15, 0.2) is 54.6 Å². The maximum absolute atomic E-state index is 14.7. The molecule has 0 radical (unpaired) electrons. The zero-order chi connectivity index (χ0) is 106. The second-order valence-electron chi connectivity index (χ2n) is 34.1. The van der Waals surface area contributed by atoms with Crippen LogP contribution in [0.1, 0.15) is 155 Å². The summed E-state index contributed by atoms with van der Waals surface area (Å²) < 4.78 is 0. The van der Waals surface area contributed by atoms with Gasteiger partial charge in [-0.25, -0.2) is 0 Å². The summed E-state index contributed by atoms with van der Waals surface area (Å²) in [5, 5.41) is 140. The first-order valence-corrected chi connectivity index (χ1v) is 45.6. The van der Waals surface area contributed by atoms with Gasteiger partial charge in [0.15, 0.2) is 11.9 Å². The fraction of sp³-hybridized carbons (Fsp3) is 0.605. The standard InChI is InChI=1S/C86H141N27O28/c1-42(2)32-54(73(129)98-44(5)84(140)141)103-75(131)57(35-47-22-24-48(119)25-23-47)106-77(133)58(36-65(91)121)107-70(126)50(19-11-13-29-88)99-69(125)51(20-14-30-96-85(92)93)102-83(139)67(45(6)118)113-72(128)52(21-15-31-97-86(94)95)100-79(135)61(39-115)111-78(134)59(37-66(122)123)108-76(132)56(34-46-16-8-7-9-17-46)105-74(130)55(33-43(3)4)104-81(137)63(41-117)110-71(127)53(26-27-64(90)120)101-80(136)62(40-116)112-82(138)60(38-114)109-68(124)49(89)18-10-12-28-87/h7-9,16-17,22-25,42-45,49-63,67,114-119H,10-15,18-21,26-41,87-89H2,1-6H3,(H2,90,120)(H2,91,121)(H,98,129)(H,99,125)(H,100,135)(H,101,136)(H,102,139)(H,103,131)(H,104,137)(H,105,130)(H,106,133)(H,107,126)(H,108,132)(H,109,124)(H,110,127)(H,111,134)(H,112,138)(H,113,128)(H,122,123)(H,140,141)(H4,92,93,96)(H4,94,95,97)/t44-,45+,49-,50-,51-,52-,53-,54-,55-,56-,57-,58-,59-,60-,61-,62-,63-,67-/m0/s1. The van der Waals surface area contributed by atoms with Gasteiger partial charge in [-0.15, -0.1) is 0 Å². The minimum atomic E-state index is -2.21. The van der Waals surface area contributed by atoms with Gasteiger partial charge in [0.05, 0.1) is 51.4 Å². The molecule has 0 saturated carbocycles. The number of benzene rings is 2. The fourth-order valence-corrected chi connectivity index (χ4v) is 13.5. The van der Waals surface area contributed by atoms with Gasteiger partial charge in [0.1, 0.15) is 102 Å². The molecule has 0 spiro atoms. The summed E-state index contributed by atoms with van der Waals surface area (Å²) in [5.41, 5.74) is 39.8. The molecular weight excluding hydrogens is 1860 g/mol. The van der Waals surface area contributed by atoms with Crippen LogP contribution < -0.4 is 136 Å². The zero-order valence-electron chi connectivity index (χ0n) is 79.4. The number of aromatic hydroxyl groups is 1. The molecule has 0 aliphatic carbocycles. The molecule has 55 nitrogen and oxygen atoms in total. The molecule has 18 amide bonds. The third kappa shape index (κ3) is 47.9. The number of rotatable bonds is 69. The summed E-state index contributed by atoms with van der Waals surface area (Å²) in [6.45, 7) is 4.09. The largest absolute Gasteiger partial charge is 0.508 e. The number of guanidine groups is 2. The first-order valence-electron chi connectivity index (χ1n) is 45.6. The molecule has 788 valence electrons. The van der Waals surface area contributed by atoms with Crippen molar-refractivity contribution in [3.8, 4) is 5.75 Å². The number of carboxylic acid groups (broad SMARTS) is 2. The fourth-order valence-electron chi connectivity index (χ4n) is 13.5. The van der Waals surface area contributed by atoms with Crippen molar-refractivity contribution in [2.45, 2.75) is 266 Å². The minimum absolute atomic E-state index is 0.0364. The molecular formula is C86H141N27O28. The number of aliphatic hydroxyl groups excluding tert-OH is 5. The second kappa shape index (κ2) is 64.9. The smallest absolute Gasteiger partial charge is 0.325 e. The number of carbonyl (C=O) groups is 20. The van der Waals surface area contributed by atoms with Crippen molar-refractivity contribution in [3.05, 3.63) is 65.7 Å². The van der Waals surface area contributed by atoms with Gasteiger partial charge in [0, 0.05) is 32.4 Å². The average Bonchev–Trinajstić information content (AvgIpc) is 0.840. The van der Waals surface area contributed by atoms with Crippen LogP contribution in [-0.4, -0.2) is 332 Å². The van der Waals surface area contributed by atoms with Crippen LogP contribution in [0, 0.1) is 22.7 Å². The number of unbranched alkanes of at least 4 members (excludes halogenated alkanes) is 2. The van der Waals surface area contributed by atoms with Crippen LogP contribution in [-0.2, 0) is 109 Å². The normalized spacial score (nSPS) is 14.9. The number of amides is 18. The lowest BCUT2D eigenvalue weighted by atomic mass is 10.00. The topological polar surface area (TPSA) is 950 Å². The summed E-state index contributed by atoms with van der Waals surface area (Å²) in [5.74, 6) is -26.7. The molecule has 2 rings (SSSR count). The Balaban J connectivity index is 2.61. The average molecular weight is 2000 g/mol. The lowest BCUT2D eigenvalue weighted by molar-refractivity contribution is -0.142. The van der Waals surface area contributed by atoms with Gasteiger partial charge in [0.2, 0.25) is 106 Å². The van der Waals surface area contributed by atoms with Crippen LogP contribution in [0.3, 0.4) is 0 Å². The number of primary amides is 2. The van der Waals surface area contributed by atoms with Crippen LogP contribution in [0.2, 0.25) is 0 Å². The van der Waals surface area contributed by atoms with Gasteiger partial charge < -0.3 is 177 Å². The van der Waals surface area contributed by atoms with E-state index >= 15 is 0 Å². The maximum Gasteiger partial charge on any atom is 0.325 e. The van der Waals surface area contributed by atoms with Crippen molar-refractivity contribution in [3.63, 3.8) is 0 Å². The number of aliphatic carboxylic acids is 2. The van der Waals surface area contributed by atoms with E-state index in [1.165, 1.54) is 55.5 Å². The van der Waals surface area contributed by atoms with Crippen molar-refractivity contribution < 1.29 is 137 Å². The number of hydrogen-bond donors (Lipinski definition) is 35. The highest BCUT2D eigenvalue weighted by molar-refractivity contribution is 6.02. The van der Waals surface area contributed by atoms with Crippen LogP contribution in [0.5, 0.6) is 5.75 Å². The Kier molecular flexibility index (Phi) is 56.6. The summed E-state index contributed by atoms with van der Waals surface area (Å²) >= 11 is 0. The van der Waals surface area contributed by atoms with E-state index in [2.05, 4.69) is 95.7 Å². The van der Waals surface area contributed by atoms with Crippen molar-refractivity contribution in [1.29, 1.82) is 10.8 Å². The van der Waals surface area contributed by atoms with E-state index in [9.17, 15) is 137 Å². The van der Waals surface area contributed by atoms with E-state index in [-0.39, 0.29) is 95.5 Å². The van der Waals surface area contributed by atoms with Crippen molar-refractivity contribution in [2.75, 3.05) is 52.6 Å². The highest BCUT2D eigenvalue weighted by Crippen LogP contribution is 2.17.